The maximum absolute atomic E-state index is 13.7. The summed E-state index contributed by atoms with van der Waals surface area (Å²) in [5, 5.41) is 3.82. The van der Waals surface area contributed by atoms with E-state index in [1.165, 1.54) is 4.31 Å². The second-order valence-electron chi connectivity index (χ2n) is 7.86. The molecule has 0 atom stereocenters. The number of sulfonamides is 1. The highest BCUT2D eigenvalue weighted by molar-refractivity contribution is 7.89. The quantitative estimate of drug-likeness (QED) is 0.508. The average molecular weight is 460 g/mol. The van der Waals surface area contributed by atoms with Gasteiger partial charge in [-0.15, -0.1) is 0 Å². The molecule has 0 radical (unpaired) electrons. The molecule has 0 saturated carbocycles. The van der Waals surface area contributed by atoms with Gasteiger partial charge in [0.15, 0.2) is 5.76 Å². The van der Waals surface area contributed by atoms with E-state index in [9.17, 15) is 13.2 Å². The molecule has 32 heavy (non-hydrogen) atoms. The molecule has 1 N–H and O–H groups in total. The number of aromatic nitrogens is 2. The summed E-state index contributed by atoms with van der Waals surface area (Å²) in [5.41, 5.74) is 4.62. The normalized spacial score (nSPS) is 11.8. The Morgan fingerprint density at radius 3 is 2.31 bits per heavy atom. The molecule has 0 aliphatic heterocycles. The highest BCUT2D eigenvalue weighted by atomic mass is 32.2. The second-order valence-corrected chi connectivity index (χ2v) is 9.74. The standard InChI is InChI=1S/C23H29N3O5S/c1-7-30-23(27)21-15(3)20(24-16(21)4)13-26(12-19-10-8-14(2)9-11-19)32(28,29)22-17(5)25-31-18(22)6/h8-11,24H,7,12-13H2,1-6H3. The van der Waals surface area contributed by atoms with Gasteiger partial charge in [0, 0.05) is 17.9 Å². The van der Waals surface area contributed by atoms with Gasteiger partial charge in [0.2, 0.25) is 10.0 Å². The average Bonchev–Trinajstić information content (AvgIpc) is 3.21. The van der Waals surface area contributed by atoms with Gasteiger partial charge in [-0.1, -0.05) is 35.0 Å². The number of benzene rings is 1. The van der Waals surface area contributed by atoms with Gasteiger partial charge in [-0.05, 0) is 52.7 Å². The number of hydrogen-bond acceptors (Lipinski definition) is 6. The monoisotopic (exact) mass is 459 g/mol. The molecule has 172 valence electrons. The highest BCUT2D eigenvalue weighted by Gasteiger charge is 2.32. The van der Waals surface area contributed by atoms with E-state index >= 15 is 0 Å². The molecule has 0 aliphatic carbocycles. The fraction of sp³-hybridized carbons (Fsp3) is 0.391. The van der Waals surface area contributed by atoms with E-state index < -0.39 is 16.0 Å². The van der Waals surface area contributed by atoms with E-state index in [0.717, 1.165) is 11.1 Å². The Hall–Kier alpha value is -2.91. The zero-order chi connectivity index (χ0) is 23.6. The molecule has 8 nitrogen and oxygen atoms in total. The van der Waals surface area contributed by atoms with Crippen molar-refractivity contribution in [2.24, 2.45) is 0 Å². The highest BCUT2D eigenvalue weighted by Crippen LogP contribution is 2.28. The Bertz CT molecular complexity index is 1200. The first-order valence-electron chi connectivity index (χ1n) is 10.4. The molecule has 2 aromatic heterocycles. The van der Waals surface area contributed by atoms with E-state index in [1.807, 2.05) is 31.2 Å². The summed E-state index contributed by atoms with van der Waals surface area (Å²) in [6.07, 6.45) is 0. The minimum Gasteiger partial charge on any atom is -0.462 e. The number of aromatic amines is 1. The summed E-state index contributed by atoms with van der Waals surface area (Å²) in [7, 11) is -3.94. The first-order valence-corrected chi connectivity index (χ1v) is 11.8. The zero-order valence-corrected chi connectivity index (χ0v) is 20.1. The number of esters is 1. The van der Waals surface area contributed by atoms with Crippen molar-refractivity contribution in [1.29, 1.82) is 0 Å². The fourth-order valence-corrected chi connectivity index (χ4v) is 5.44. The Kier molecular flexibility index (Phi) is 6.90. The summed E-state index contributed by atoms with van der Waals surface area (Å²) >= 11 is 0. The fourth-order valence-electron chi connectivity index (χ4n) is 3.75. The maximum atomic E-state index is 13.7. The Morgan fingerprint density at radius 2 is 1.75 bits per heavy atom. The molecule has 3 aromatic rings. The van der Waals surface area contributed by atoms with Crippen molar-refractivity contribution in [3.63, 3.8) is 0 Å². The van der Waals surface area contributed by atoms with Crippen LogP contribution in [0.2, 0.25) is 0 Å². The third-order valence-corrected chi connectivity index (χ3v) is 7.44. The largest absolute Gasteiger partial charge is 0.462 e. The minimum absolute atomic E-state index is 0.0480. The summed E-state index contributed by atoms with van der Waals surface area (Å²) < 4.78 is 39.0. The summed E-state index contributed by atoms with van der Waals surface area (Å²) in [6.45, 7) is 10.9. The number of nitrogens with zero attached hydrogens (tertiary/aromatic N) is 2. The molecule has 3 rings (SSSR count). The van der Waals surface area contributed by atoms with Gasteiger partial charge in [0.25, 0.3) is 0 Å². The lowest BCUT2D eigenvalue weighted by Gasteiger charge is -2.22. The summed E-state index contributed by atoms with van der Waals surface area (Å²) in [5.74, 6) is -0.188. The number of ether oxygens (including phenoxy) is 1. The number of carbonyl (C=O) groups excluding carboxylic acids is 1. The van der Waals surface area contributed by atoms with Gasteiger partial charge < -0.3 is 14.2 Å². The number of hydrogen-bond donors (Lipinski definition) is 1. The second kappa shape index (κ2) is 9.30. The summed E-state index contributed by atoms with van der Waals surface area (Å²) in [4.78, 5) is 15.6. The van der Waals surface area contributed by atoms with Crippen LogP contribution >= 0.6 is 0 Å². The van der Waals surface area contributed by atoms with E-state index in [1.54, 1.807) is 34.6 Å². The number of H-pyrrole nitrogens is 1. The molecule has 0 amide bonds. The molecule has 0 saturated heterocycles. The van der Waals surface area contributed by atoms with Crippen LogP contribution < -0.4 is 0 Å². The molecule has 0 unspecified atom stereocenters. The zero-order valence-electron chi connectivity index (χ0n) is 19.3. The van der Waals surface area contributed by atoms with Crippen molar-refractivity contribution in [3.8, 4) is 0 Å². The van der Waals surface area contributed by atoms with Crippen LogP contribution in [0.3, 0.4) is 0 Å². The van der Waals surface area contributed by atoms with Crippen LogP contribution in [-0.4, -0.2) is 35.4 Å². The van der Waals surface area contributed by atoms with Gasteiger partial charge in [-0.2, -0.15) is 4.31 Å². The molecular weight excluding hydrogens is 430 g/mol. The van der Waals surface area contributed by atoms with Gasteiger partial charge in [-0.3, -0.25) is 0 Å². The Labute approximate surface area is 188 Å². The van der Waals surface area contributed by atoms with E-state index in [0.29, 0.717) is 28.2 Å². The van der Waals surface area contributed by atoms with Crippen molar-refractivity contribution in [2.75, 3.05) is 6.61 Å². The lowest BCUT2D eigenvalue weighted by molar-refractivity contribution is 0.0525. The molecule has 1 aromatic carbocycles. The first-order chi connectivity index (χ1) is 15.1. The maximum Gasteiger partial charge on any atom is 0.340 e. The lowest BCUT2D eigenvalue weighted by atomic mass is 10.1. The molecular formula is C23H29N3O5S. The molecule has 2 heterocycles. The van der Waals surface area contributed by atoms with Gasteiger partial charge >= 0.3 is 5.97 Å². The predicted molar refractivity (Wildman–Crippen MR) is 120 cm³/mol. The Morgan fingerprint density at radius 1 is 1.09 bits per heavy atom. The van der Waals surface area contributed by atoms with Crippen LogP contribution in [0.4, 0.5) is 0 Å². The third-order valence-electron chi connectivity index (χ3n) is 5.40. The van der Waals surface area contributed by atoms with Crippen molar-refractivity contribution in [1.82, 2.24) is 14.4 Å². The molecule has 9 heteroatoms. The first kappa shape index (κ1) is 23.7. The number of nitrogens with one attached hydrogen (secondary N) is 1. The van der Waals surface area contributed by atoms with Gasteiger partial charge in [0.1, 0.15) is 10.6 Å². The van der Waals surface area contributed by atoms with E-state index in [2.05, 4.69) is 10.1 Å². The molecule has 0 fully saturated rings. The van der Waals surface area contributed by atoms with Gasteiger partial charge in [0.05, 0.1) is 18.7 Å². The number of rotatable bonds is 8. The van der Waals surface area contributed by atoms with Crippen molar-refractivity contribution >= 4 is 16.0 Å². The molecule has 0 bridgehead atoms. The van der Waals surface area contributed by atoms with E-state index in [-0.39, 0.29) is 30.4 Å². The topological polar surface area (TPSA) is 106 Å². The van der Waals surface area contributed by atoms with Crippen molar-refractivity contribution < 1.29 is 22.5 Å². The predicted octanol–water partition coefficient (Wildman–Crippen LogP) is 4.11. The number of carbonyl (C=O) groups is 1. The third kappa shape index (κ3) is 4.63. The molecule has 0 spiro atoms. The van der Waals surface area contributed by atoms with Gasteiger partial charge in [-0.25, -0.2) is 13.2 Å². The lowest BCUT2D eigenvalue weighted by Crippen LogP contribution is -2.31. The van der Waals surface area contributed by atoms with Crippen molar-refractivity contribution in [3.05, 3.63) is 69.4 Å². The van der Waals surface area contributed by atoms with Crippen LogP contribution in [0.15, 0.2) is 33.7 Å². The van der Waals surface area contributed by atoms with Crippen molar-refractivity contribution in [2.45, 2.75) is 59.5 Å². The smallest absolute Gasteiger partial charge is 0.340 e. The SMILES string of the molecule is CCOC(=O)c1c(C)[nH]c(CN(Cc2ccc(C)cc2)S(=O)(=O)c2c(C)noc2C)c1C. The van der Waals surface area contributed by atoms with Crippen LogP contribution in [0.1, 0.15) is 56.8 Å². The number of aryl methyl sites for hydroxylation is 4. The Balaban J connectivity index is 2.05. The minimum atomic E-state index is -3.94. The molecule has 0 aliphatic rings. The van der Waals surface area contributed by atoms with Crippen LogP contribution in [-0.2, 0) is 27.8 Å². The van der Waals surface area contributed by atoms with Crippen LogP contribution in [0.25, 0.3) is 0 Å². The summed E-state index contributed by atoms with van der Waals surface area (Å²) in [6, 6.07) is 7.70. The van der Waals surface area contributed by atoms with Crippen LogP contribution in [0, 0.1) is 34.6 Å². The van der Waals surface area contributed by atoms with Crippen LogP contribution in [0.5, 0.6) is 0 Å². The van der Waals surface area contributed by atoms with E-state index in [4.69, 9.17) is 9.26 Å².